The Balaban J connectivity index is 5.62. The molecule has 0 radical (unpaired) electrons. The summed E-state index contributed by atoms with van der Waals surface area (Å²) in [7, 11) is -2.90. The fourth-order valence-corrected chi connectivity index (χ4v) is 12.1. The fourth-order valence-electron chi connectivity index (χ4n) is 7.22. The molecule has 4 nitrogen and oxygen atoms in total. The van der Waals surface area contributed by atoms with Gasteiger partial charge in [0.2, 0.25) is 0 Å². The lowest BCUT2D eigenvalue weighted by atomic mass is 10.1. The first-order valence-electron chi connectivity index (χ1n) is 20.5. The van der Waals surface area contributed by atoms with Gasteiger partial charge in [-0.25, -0.2) is 0 Å². The van der Waals surface area contributed by atoms with Gasteiger partial charge in [0.25, 0.3) is 0 Å². The standard InChI is InChI=1S/C40H84O4P/c1-5-9-13-17-21-25-29-33-37(41)45(38(42)34-30-26-22-18-14-10-6-2,39(43)35-31-27-23-19-15-11-7-3)40(44)36-32-28-24-20-16-12-8-4/h37-44H,5-36H2,1-4H3/q+1. The molecule has 0 spiro atoms. The normalized spacial score (nSPS) is 16.0. The van der Waals surface area contributed by atoms with Crippen LogP contribution in [0.25, 0.3) is 0 Å². The van der Waals surface area contributed by atoms with Crippen LogP contribution >= 0.6 is 7.26 Å². The van der Waals surface area contributed by atoms with Crippen molar-refractivity contribution in [3.05, 3.63) is 0 Å². The molecule has 0 fully saturated rings. The minimum Gasteiger partial charge on any atom is -0.359 e. The van der Waals surface area contributed by atoms with Crippen LogP contribution in [0.1, 0.15) is 233 Å². The molecule has 0 aromatic rings. The molecule has 0 aromatic heterocycles. The second kappa shape index (κ2) is 32.8. The molecule has 5 heteroatoms. The van der Waals surface area contributed by atoms with E-state index in [0.717, 1.165) is 51.4 Å². The number of hydrogen-bond donors (Lipinski definition) is 4. The third-order valence-corrected chi connectivity index (χ3v) is 15.5. The molecule has 0 rings (SSSR count). The molecule has 0 aromatic carbocycles. The zero-order valence-corrected chi connectivity index (χ0v) is 32.1. The summed E-state index contributed by atoms with van der Waals surface area (Å²) in [5, 5.41) is 47.9. The molecule has 272 valence electrons. The highest BCUT2D eigenvalue weighted by atomic mass is 31.2. The second-order valence-corrected chi connectivity index (χ2v) is 18.6. The average molecular weight is 660 g/mol. The third kappa shape index (κ3) is 21.8. The molecule has 0 bridgehead atoms. The van der Waals surface area contributed by atoms with Crippen LogP contribution in [0.15, 0.2) is 0 Å². The van der Waals surface area contributed by atoms with Gasteiger partial charge in [-0.05, 0) is 25.7 Å². The lowest BCUT2D eigenvalue weighted by Gasteiger charge is -2.42. The Labute approximate surface area is 283 Å². The van der Waals surface area contributed by atoms with Crippen molar-refractivity contribution in [2.24, 2.45) is 0 Å². The Hall–Kier alpha value is 0.270. The van der Waals surface area contributed by atoms with E-state index >= 15 is 0 Å². The SMILES string of the molecule is CCCCCCCCCC(O)[P+](C(O)CCCCCCCCC)(C(O)CCCCCCCCC)C(O)CCCCCCCCC. The van der Waals surface area contributed by atoms with Crippen LogP contribution in [0.5, 0.6) is 0 Å². The van der Waals surface area contributed by atoms with Crippen molar-refractivity contribution >= 4 is 7.26 Å². The Morgan fingerprint density at radius 1 is 0.267 bits per heavy atom. The van der Waals surface area contributed by atoms with Crippen LogP contribution in [0.4, 0.5) is 0 Å². The first-order chi connectivity index (χ1) is 21.9. The smallest absolute Gasteiger partial charge is 0.172 e. The number of aliphatic hydroxyl groups is 4. The molecule has 0 aliphatic rings. The molecule has 4 atom stereocenters. The van der Waals surface area contributed by atoms with Crippen molar-refractivity contribution in [1.29, 1.82) is 0 Å². The Morgan fingerprint density at radius 2 is 0.422 bits per heavy atom. The molecular formula is C40H84O4P+. The first kappa shape index (κ1) is 45.3. The van der Waals surface area contributed by atoms with Crippen LogP contribution in [0, 0.1) is 0 Å². The van der Waals surface area contributed by atoms with Crippen LogP contribution in [-0.2, 0) is 0 Å². The van der Waals surface area contributed by atoms with Crippen LogP contribution in [0.2, 0.25) is 0 Å². The molecule has 0 heterocycles. The molecule has 0 amide bonds. The van der Waals surface area contributed by atoms with Gasteiger partial charge in [0.05, 0.1) is 0 Å². The van der Waals surface area contributed by atoms with E-state index < -0.39 is 30.6 Å². The Morgan fingerprint density at radius 3 is 0.600 bits per heavy atom. The quantitative estimate of drug-likeness (QED) is 0.0398. The van der Waals surface area contributed by atoms with E-state index in [1.807, 2.05) is 0 Å². The lowest BCUT2D eigenvalue weighted by molar-refractivity contribution is 0.138. The van der Waals surface area contributed by atoms with Crippen molar-refractivity contribution in [2.45, 2.75) is 257 Å². The highest BCUT2D eigenvalue weighted by Crippen LogP contribution is 2.74. The number of rotatable bonds is 36. The zero-order valence-electron chi connectivity index (χ0n) is 31.2. The number of hydrogen-bond acceptors (Lipinski definition) is 4. The molecule has 0 aliphatic carbocycles. The van der Waals surface area contributed by atoms with Gasteiger partial charge in [-0.1, -0.05) is 182 Å². The molecule has 0 saturated heterocycles. The third-order valence-electron chi connectivity index (χ3n) is 10.3. The van der Waals surface area contributed by atoms with Gasteiger partial charge in [0.15, 0.2) is 23.4 Å². The molecule has 0 saturated carbocycles. The van der Waals surface area contributed by atoms with E-state index in [2.05, 4.69) is 27.7 Å². The summed E-state index contributed by atoms with van der Waals surface area (Å²) >= 11 is 0. The lowest BCUT2D eigenvalue weighted by Crippen LogP contribution is -2.39. The number of aliphatic hydroxyl groups excluding tert-OH is 4. The first-order valence-corrected chi connectivity index (χ1v) is 22.6. The monoisotopic (exact) mass is 660 g/mol. The van der Waals surface area contributed by atoms with Crippen LogP contribution in [0.3, 0.4) is 0 Å². The highest BCUT2D eigenvalue weighted by Gasteiger charge is 2.61. The Bertz CT molecular complexity index is 487. The number of unbranched alkanes of at least 4 members (excludes halogenated alkanes) is 24. The summed E-state index contributed by atoms with van der Waals surface area (Å²) in [4.78, 5) is 0. The van der Waals surface area contributed by atoms with Crippen molar-refractivity contribution in [1.82, 2.24) is 0 Å². The van der Waals surface area contributed by atoms with E-state index in [0.29, 0.717) is 25.7 Å². The van der Waals surface area contributed by atoms with E-state index in [-0.39, 0.29) is 0 Å². The Kier molecular flexibility index (Phi) is 33.0. The van der Waals surface area contributed by atoms with Gasteiger partial charge >= 0.3 is 0 Å². The molecule has 0 aliphatic heterocycles. The predicted octanol–water partition coefficient (Wildman–Crippen LogP) is 12.8. The topological polar surface area (TPSA) is 80.9 Å². The van der Waals surface area contributed by atoms with Gasteiger partial charge in [-0.3, -0.25) is 0 Å². The minimum absolute atomic E-state index is 0.595. The maximum Gasteiger partial charge on any atom is 0.172 e. The van der Waals surface area contributed by atoms with Gasteiger partial charge in [-0.2, -0.15) is 0 Å². The zero-order chi connectivity index (χ0) is 33.4. The summed E-state index contributed by atoms with van der Waals surface area (Å²) in [5.41, 5.74) is 0. The maximum atomic E-state index is 12.0. The second-order valence-electron chi connectivity index (χ2n) is 14.5. The van der Waals surface area contributed by atoms with Gasteiger partial charge in [0, 0.05) is 25.7 Å². The predicted molar refractivity (Wildman–Crippen MR) is 201 cm³/mol. The van der Waals surface area contributed by atoms with Crippen molar-refractivity contribution in [3.63, 3.8) is 0 Å². The van der Waals surface area contributed by atoms with E-state index in [1.165, 1.54) is 128 Å². The van der Waals surface area contributed by atoms with E-state index in [1.54, 1.807) is 0 Å². The molecule has 4 unspecified atom stereocenters. The molecule has 45 heavy (non-hydrogen) atoms. The minimum atomic E-state index is -2.90. The summed E-state index contributed by atoms with van der Waals surface area (Å²) in [5.74, 6) is -3.14. The summed E-state index contributed by atoms with van der Waals surface area (Å²) < 4.78 is 0. The summed E-state index contributed by atoms with van der Waals surface area (Å²) in [6, 6.07) is 0. The molecule has 4 N–H and O–H groups in total. The van der Waals surface area contributed by atoms with Crippen molar-refractivity contribution < 1.29 is 20.4 Å². The van der Waals surface area contributed by atoms with Crippen molar-refractivity contribution in [3.8, 4) is 0 Å². The van der Waals surface area contributed by atoms with Gasteiger partial charge in [-0.15, -0.1) is 0 Å². The van der Waals surface area contributed by atoms with E-state index in [9.17, 15) is 20.4 Å². The van der Waals surface area contributed by atoms with Crippen LogP contribution in [-0.4, -0.2) is 43.8 Å². The largest absolute Gasteiger partial charge is 0.359 e. The van der Waals surface area contributed by atoms with Crippen LogP contribution < -0.4 is 0 Å². The van der Waals surface area contributed by atoms with Gasteiger partial charge in [0.1, 0.15) is 7.26 Å². The van der Waals surface area contributed by atoms with Gasteiger partial charge < -0.3 is 20.4 Å². The average Bonchev–Trinajstić information content (AvgIpc) is 3.03. The molecular weight excluding hydrogens is 575 g/mol. The van der Waals surface area contributed by atoms with Crippen molar-refractivity contribution in [2.75, 3.05) is 0 Å². The highest BCUT2D eigenvalue weighted by molar-refractivity contribution is 7.77. The van der Waals surface area contributed by atoms with E-state index in [4.69, 9.17) is 0 Å². The summed E-state index contributed by atoms with van der Waals surface area (Å²) in [6.45, 7) is 8.97. The summed E-state index contributed by atoms with van der Waals surface area (Å²) in [6.07, 6.45) is 35.3. The maximum absolute atomic E-state index is 12.0. The fraction of sp³-hybridized carbons (Fsp3) is 1.00.